The number of fused-ring (bicyclic) bond motifs is 1. The molecule has 6 heteroatoms. The third-order valence-electron chi connectivity index (χ3n) is 3.22. The van der Waals surface area contributed by atoms with Gasteiger partial charge in [-0.15, -0.1) is 0 Å². The predicted octanol–water partition coefficient (Wildman–Crippen LogP) is 4.45. The molecule has 0 atom stereocenters. The topological polar surface area (TPSA) is 55.1 Å². The lowest BCUT2D eigenvalue weighted by Gasteiger charge is -2.09. The summed E-state index contributed by atoms with van der Waals surface area (Å²) < 4.78 is 2.82. The molecule has 0 aliphatic rings. The van der Waals surface area contributed by atoms with Gasteiger partial charge in [0, 0.05) is 4.47 Å². The Morgan fingerprint density at radius 1 is 1.29 bits per heavy atom. The van der Waals surface area contributed by atoms with Gasteiger partial charge in [-0.2, -0.15) is 0 Å². The van der Waals surface area contributed by atoms with Crippen molar-refractivity contribution in [3.63, 3.8) is 0 Å². The van der Waals surface area contributed by atoms with Gasteiger partial charge in [-0.3, -0.25) is 4.57 Å². The first-order valence-electron chi connectivity index (χ1n) is 6.15. The van der Waals surface area contributed by atoms with E-state index in [-0.39, 0.29) is 5.56 Å². The maximum absolute atomic E-state index is 11.0. The number of imidazole rings is 1. The van der Waals surface area contributed by atoms with Gasteiger partial charge in [0.05, 0.1) is 27.3 Å². The third-order valence-corrected chi connectivity index (χ3v) is 4.03. The maximum atomic E-state index is 11.0. The summed E-state index contributed by atoms with van der Waals surface area (Å²) >= 11 is 9.71. The Kier molecular flexibility index (Phi) is 3.47. The fourth-order valence-electron chi connectivity index (χ4n) is 2.30. The second kappa shape index (κ2) is 5.16. The summed E-state index contributed by atoms with van der Waals surface area (Å²) in [5.41, 5.74) is 2.46. The van der Waals surface area contributed by atoms with Crippen molar-refractivity contribution in [3.05, 3.63) is 57.3 Å². The van der Waals surface area contributed by atoms with Crippen molar-refractivity contribution in [2.24, 2.45) is 0 Å². The monoisotopic (exact) mass is 364 g/mol. The molecule has 0 aliphatic heterocycles. The van der Waals surface area contributed by atoms with Crippen molar-refractivity contribution in [2.45, 2.75) is 6.92 Å². The minimum absolute atomic E-state index is 0.215. The van der Waals surface area contributed by atoms with Gasteiger partial charge in [-0.1, -0.05) is 27.5 Å². The third kappa shape index (κ3) is 2.43. The van der Waals surface area contributed by atoms with Crippen LogP contribution in [0.15, 0.2) is 40.9 Å². The molecule has 2 aromatic carbocycles. The van der Waals surface area contributed by atoms with E-state index in [0.29, 0.717) is 10.5 Å². The molecule has 1 heterocycles. The summed E-state index contributed by atoms with van der Waals surface area (Å²) in [5.74, 6) is -0.225. The maximum Gasteiger partial charge on any atom is 0.335 e. The molecule has 0 saturated carbocycles. The van der Waals surface area contributed by atoms with Crippen LogP contribution in [0.1, 0.15) is 16.2 Å². The highest BCUT2D eigenvalue weighted by molar-refractivity contribution is 9.10. The van der Waals surface area contributed by atoms with Crippen LogP contribution in [-0.2, 0) is 0 Å². The number of rotatable bonds is 2. The molecule has 1 N–H and O–H groups in total. The minimum Gasteiger partial charge on any atom is -0.478 e. The molecule has 0 saturated heterocycles. The van der Waals surface area contributed by atoms with Crippen molar-refractivity contribution in [1.82, 2.24) is 9.55 Å². The predicted molar refractivity (Wildman–Crippen MR) is 85.5 cm³/mol. The summed E-state index contributed by atoms with van der Waals surface area (Å²) in [6, 6.07) is 10.4. The van der Waals surface area contributed by atoms with E-state index in [4.69, 9.17) is 16.7 Å². The van der Waals surface area contributed by atoms with E-state index in [9.17, 15) is 4.79 Å². The van der Waals surface area contributed by atoms with Gasteiger partial charge < -0.3 is 5.11 Å². The van der Waals surface area contributed by atoms with Crippen LogP contribution in [0, 0.1) is 6.92 Å². The van der Waals surface area contributed by atoms with Crippen LogP contribution in [-0.4, -0.2) is 20.6 Å². The first kappa shape index (κ1) is 14.1. The number of aryl methyl sites for hydroxylation is 1. The highest BCUT2D eigenvalue weighted by Crippen LogP contribution is 2.29. The van der Waals surface area contributed by atoms with Gasteiger partial charge >= 0.3 is 5.97 Å². The van der Waals surface area contributed by atoms with Crippen LogP contribution in [0.5, 0.6) is 0 Å². The van der Waals surface area contributed by atoms with E-state index in [0.717, 1.165) is 21.5 Å². The summed E-state index contributed by atoms with van der Waals surface area (Å²) in [6.07, 6.45) is 0. The summed E-state index contributed by atoms with van der Waals surface area (Å²) in [5, 5.41) is 9.66. The number of hydrogen-bond donors (Lipinski definition) is 1. The first-order valence-corrected chi connectivity index (χ1v) is 7.32. The molecule has 0 amide bonds. The number of halogens is 2. The normalized spacial score (nSPS) is 11.0. The molecular formula is C15H10BrClN2O2. The second-order valence-corrected chi connectivity index (χ2v) is 5.92. The molecule has 0 aliphatic carbocycles. The van der Waals surface area contributed by atoms with Crippen molar-refractivity contribution >= 4 is 44.5 Å². The number of carbonyl (C=O) groups is 1. The smallest absolute Gasteiger partial charge is 0.335 e. The number of aromatic nitrogens is 2. The van der Waals surface area contributed by atoms with Crippen molar-refractivity contribution in [2.75, 3.05) is 0 Å². The molecule has 0 radical (unpaired) electrons. The van der Waals surface area contributed by atoms with Gasteiger partial charge in [0.25, 0.3) is 0 Å². The molecule has 1 aromatic heterocycles. The highest BCUT2D eigenvalue weighted by Gasteiger charge is 2.14. The zero-order chi connectivity index (χ0) is 15.1. The zero-order valence-electron chi connectivity index (χ0n) is 11.0. The van der Waals surface area contributed by atoms with E-state index in [2.05, 4.69) is 20.9 Å². The number of carboxylic acid groups (broad SMARTS) is 1. The summed E-state index contributed by atoms with van der Waals surface area (Å²) in [6.45, 7) is 1.86. The molecule has 0 fully saturated rings. The summed E-state index contributed by atoms with van der Waals surface area (Å²) in [7, 11) is 0. The van der Waals surface area contributed by atoms with Crippen LogP contribution < -0.4 is 0 Å². The molecule has 0 bridgehead atoms. The van der Waals surface area contributed by atoms with Gasteiger partial charge in [-0.05, 0) is 43.3 Å². The van der Waals surface area contributed by atoms with Crippen LogP contribution in [0.4, 0.5) is 0 Å². The van der Waals surface area contributed by atoms with Crippen LogP contribution in [0.3, 0.4) is 0 Å². The lowest BCUT2D eigenvalue weighted by atomic mass is 10.2. The number of carboxylic acids is 1. The van der Waals surface area contributed by atoms with E-state index in [1.54, 1.807) is 24.3 Å². The SMILES string of the molecule is Cc1nc2cc(C(=O)O)ccc2n1-c1cc(Br)ccc1Cl. The molecule has 3 aromatic rings. The van der Waals surface area contributed by atoms with Crippen LogP contribution >= 0.6 is 27.5 Å². The zero-order valence-corrected chi connectivity index (χ0v) is 13.3. The molecule has 106 valence electrons. The first-order chi connectivity index (χ1) is 9.97. The fourth-order valence-corrected chi connectivity index (χ4v) is 2.85. The molecule has 4 nitrogen and oxygen atoms in total. The largest absolute Gasteiger partial charge is 0.478 e. The quantitative estimate of drug-likeness (QED) is 0.730. The highest BCUT2D eigenvalue weighted by atomic mass is 79.9. The Morgan fingerprint density at radius 3 is 2.76 bits per heavy atom. The minimum atomic E-state index is -0.968. The van der Waals surface area contributed by atoms with Gasteiger partial charge in [0.2, 0.25) is 0 Å². The molecular weight excluding hydrogens is 356 g/mol. The van der Waals surface area contributed by atoms with E-state index in [1.807, 2.05) is 23.6 Å². The van der Waals surface area contributed by atoms with Crippen LogP contribution in [0.25, 0.3) is 16.7 Å². The van der Waals surface area contributed by atoms with Crippen molar-refractivity contribution in [3.8, 4) is 5.69 Å². The van der Waals surface area contributed by atoms with E-state index in [1.165, 1.54) is 0 Å². The Bertz CT molecular complexity index is 873. The summed E-state index contributed by atoms with van der Waals surface area (Å²) in [4.78, 5) is 15.5. The Morgan fingerprint density at radius 2 is 2.05 bits per heavy atom. The number of aromatic carboxylic acids is 1. The lowest BCUT2D eigenvalue weighted by molar-refractivity contribution is 0.0697. The fraction of sp³-hybridized carbons (Fsp3) is 0.0667. The van der Waals surface area contributed by atoms with E-state index < -0.39 is 5.97 Å². The van der Waals surface area contributed by atoms with Gasteiger partial charge in [-0.25, -0.2) is 9.78 Å². The van der Waals surface area contributed by atoms with E-state index >= 15 is 0 Å². The van der Waals surface area contributed by atoms with Crippen LogP contribution in [0.2, 0.25) is 5.02 Å². The Balaban J connectivity index is 2.30. The molecule has 3 rings (SSSR count). The Hall–Kier alpha value is -1.85. The second-order valence-electron chi connectivity index (χ2n) is 4.60. The van der Waals surface area contributed by atoms with Gasteiger partial charge in [0.15, 0.2) is 0 Å². The standard InChI is InChI=1S/C15H10BrClN2O2/c1-8-18-12-6-9(15(20)21)2-5-13(12)19(8)14-7-10(16)3-4-11(14)17/h2-7H,1H3,(H,20,21). The van der Waals surface area contributed by atoms with Crippen molar-refractivity contribution in [1.29, 1.82) is 0 Å². The van der Waals surface area contributed by atoms with Crippen molar-refractivity contribution < 1.29 is 9.90 Å². The average molecular weight is 366 g/mol. The molecule has 0 spiro atoms. The lowest BCUT2D eigenvalue weighted by Crippen LogP contribution is -1.99. The number of benzene rings is 2. The molecule has 21 heavy (non-hydrogen) atoms. The number of hydrogen-bond acceptors (Lipinski definition) is 2. The Labute approximate surface area is 134 Å². The number of nitrogens with zero attached hydrogens (tertiary/aromatic N) is 2. The molecule has 0 unspecified atom stereocenters. The average Bonchev–Trinajstić information content (AvgIpc) is 2.76. The van der Waals surface area contributed by atoms with Gasteiger partial charge in [0.1, 0.15) is 5.82 Å².